The van der Waals surface area contributed by atoms with Crippen molar-refractivity contribution in [2.24, 2.45) is 11.7 Å². The summed E-state index contributed by atoms with van der Waals surface area (Å²) in [6.45, 7) is 0. The van der Waals surface area contributed by atoms with Gasteiger partial charge in [0.1, 0.15) is 11.8 Å². The highest BCUT2D eigenvalue weighted by Crippen LogP contribution is 2.24. The number of carbonyl (C=O) groups is 3. The predicted molar refractivity (Wildman–Crippen MR) is 71.7 cm³/mol. The quantitative estimate of drug-likeness (QED) is 0.831. The number of carbonyl (C=O) groups excluding carboxylic acids is 3. The zero-order chi connectivity index (χ0) is 14.5. The van der Waals surface area contributed by atoms with Gasteiger partial charge in [-0.25, -0.2) is 0 Å². The van der Waals surface area contributed by atoms with E-state index in [-0.39, 0.29) is 11.7 Å². The molecule has 1 saturated carbocycles. The maximum atomic E-state index is 12.0. The van der Waals surface area contributed by atoms with E-state index in [1.807, 2.05) is 0 Å². The largest absolute Gasteiger partial charge is 0.368 e. The van der Waals surface area contributed by atoms with Gasteiger partial charge in [0, 0.05) is 25.2 Å². The normalized spacial score (nSPS) is 20.2. The Labute approximate surface area is 116 Å². The average Bonchev–Trinajstić information content (AvgIpc) is 2.45. The second-order valence-corrected chi connectivity index (χ2v) is 4.99. The van der Waals surface area contributed by atoms with E-state index in [9.17, 15) is 14.4 Å². The summed E-state index contributed by atoms with van der Waals surface area (Å²) in [5.41, 5.74) is 5.72. The molecule has 0 saturated heterocycles. The highest BCUT2D eigenvalue weighted by atomic mass is 16.2. The maximum Gasteiger partial charge on any atom is 0.253 e. The van der Waals surface area contributed by atoms with E-state index in [2.05, 4.69) is 10.3 Å². The van der Waals surface area contributed by atoms with E-state index in [0.29, 0.717) is 24.8 Å². The number of amides is 2. The van der Waals surface area contributed by atoms with Crippen LogP contribution in [0.5, 0.6) is 0 Å². The van der Waals surface area contributed by atoms with Crippen molar-refractivity contribution >= 4 is 17.6 Å². The summed E-state index contributed by atoms with van der Waals surface area (Å²) in [4.78, 5) is 38.9. The molecule has 1 aliphatic rings. The van der Waals surface area contributed by atoms with E-state index in [1.54, 1.807) is 18.3 Å². The molecule has 6 heteroatoms. The Morgan fingerprint density at radius 1 is 1.45 bits per heavy atom. The van der Waals surface area contributed by atoms with E-state index >= 15 is 0 Å². The zero-order valence-electron chi connectivity index (χ0n) is 11.0. The number of primary amides is 1. The number of rotatable bonds is 4. The Balaban J connectivity index is 2.08. The third kappa shape index (κ3) is 3.40. The molecule has 0 aromatic carbocycles. The molecule has 0 radical (unpaired) electrons. The highest BCUT2D eigenvalue weighted by Gasteiger charge is 2.32. The van der Waals surface area contributed by atoms with Crippen LogP contribution in [0.25, 0.3) is 0 Å². The molecule has 1 aliphatic carbocycles. The number of ketones is 1. The Morgan fingerprint density at radius 3 is 2.85 bits per heavy atom. The van der Waals surface area contributed by atoms with Crippen molar-refractivity contribution in [3.63, 3.8) is 0 Å². The molecule has 1 fully saturated rings. The summed E-state index contributed by atoms with van der Waals surface area (Å²) >= 11 is 0. The first-order chi connectivity index (χ1) is 9.58. The lowest BCUT2D eigenvalue weighted by atomic mass is 9.83. The van der Waals surface area contributed by atoms with Crippen LogP contribution in [-0.2, 0) is 9.59 Å². The molecule has 2 amide bonds. The summed E-state index contributed by atoms with van der Waals surface area (Å²) in [5.74, 6) is -1.11. The summed E-state index contributed by atoms with van der Waals surface area (Å²) < 4.78 is 0. The van der Waals surface area contributed by atoms with Crippen LogP contribution in [0.3, 0.4) is 0 Å². The number of Topliss-reactive ketones (excluding diaryl/α,β-unsaturated/α-hetero) is 1. The maximum absolute atomic E-state index is 12.0. The Morgan fingerprint density at radius 2 is 2.25 bits per heavy atom. The fraction of sp³-hybridized carbons (Fsp3) is 0.429. The third-order valence-electron chi connectivity index (χ3n) is 3.51. The third-order valence-corrected chi connectivity index (χ3v) is 3.51. The first-order valence-electron chi connectivity index (χ1n) is 6.60. The van der Waals surface area contributed by atoms with Gasteiger partial charge in [-0.3, -0.25) is 19.4 Å². The van der Waals surface area contributed by atoms with Gasteiger partial charge in [0.15, 0.2) is 0 Å². The molecular formula is C14H17N3O3. The van der Waals surface area contributed by atoms with Crippen LogP contribution in [0.1, 0.15) is 36.0 Å². The van der Waals surface area contributed by atoms with E-state index in [1.165, 1.54) is 6.20 Å². The number of pyridine rings is 1. The molecule has 0 spiro atoms. The topological polar surface area (TPSA) is 102 Å². The summed E-state index contributed by atoms with van der Waals surface area (Å²) in [6.07, 6.45) is 5.25. The second kappa shape index (κ2) is 6.27. The average molecular weight is 275 g/mol. The van der Waals surface area contributed by atoms with Crippen LogP contribution >= 0.6 is 0 Å². The molecule has 2 rings (SSSR count). The van der Waals surface area contributed by atoms with Gasteiger partial charge in [-0.15, -0.1) is 0 Å². The lowest BCUT2D eigenvalue weighted by Crippen LogP contribution is -2.50. The molecule has 1 aromatic rings. The predicted octanol–water partition coefficient (Wildman–Crippen LogP) is 0.425. The van der Waals surface area contributed by atoms with Crippen molar-refractivity contribution in [1.29, 1.82) is 0 Å². The number of nitrogens with zero attached hydrogens (tertiary/aromatic N) is 1. The van der Waals surface area contributed by atoms with E-state index < -0.39 is 17.9 Å². The van der Waals surface area contributed by atoms with Crippen molar-refractivity contribution in [3.05, 3.63) is 30.1 Å². The number of nitrogens with one attached hydrogen (secondary N) is 1. The first-order valence-corrected chi connectivity index (χ1v) is 6.60. The van der Waals surface area contributed by atoms with Crippen LogP contribution in [-0.4, -0.2) is 28.6 Å². The molecule has 0 aliphatic heterocycles. The lowest BCUT2D eigenvalue weighted by Gasteiger charge is -2.28. The molecule has 3 N–H and O–H groups in total. The molecule has 20 heavy (non-hydrogen) atoms. The van der Waals surface area contributed by atoms with Gasteiger partial charge in [-0.1, -0.05) is 0 Å². The fourth-order valence-electron chi connectivity index (χ4n) is 2.49. The number of hydrogen-bond donors (Lipinski definition) is 2. The van der Waals surface area contributed by atoms with Crippen molar-refractivity contribution in [3.8, 4) is 0 Å². The second-order valence-electron chi connectivity index (χ2n) is 4.99. The summed E-state index contributed by atoms with van der Waals surface area (Å²) in [6, 6.07) is 2.43. The molecule has 1 heterocycles. The Bertz CT molecular complexity index is 516. The van der Waals surface area contributed by atoms with Crippen molar-refractivity contribution in [2.45, 2.75) is 31.7 Å². The summed E-state index contributed by atoms with van der Waals surface area (Å²) in [5, 5.41) is 2.62. The van der Waals surface area contributed by atoms with Crippen LogP contribution in [0.4, 0.5) is 0 Å². The molecular weight excluding hydrogens is 258 g/mol. The minimum Gasteiger partial charge on any atom is -0.368 e. The minimum atomic E-state index is -0.813. The van der Waals surface area contributed by atoms with Gasteiger partial charge in [-0.05, 0) is 30.9 Å². The Kier molecular flexibility index (Phi) is 4.45. The molecule has 6 nitrogen and oxygen atoms in total. The molecule has 0 bridgehead atoms. The van der Waals surface area contributed by atoms with Gasteiger partial charge >= 0.3 is 0 Å². The molecule has 2 atom stereocenters. The van der Waals surface area contributed by atoms with Gasteiger partial charge in [0.2, 0.25) is 5.91 Å². The van der Waals surface area contributed by atoms with Gasteiger partial charge in [0.25, 0.3) is 5.91 Å². The van der Waals surface area contributed by atoms with Crippen molar-refractivity contribution in [1.82, 2.24) is 10.3 Å². The molecule has 0 unspecified atom stereocenters. The number of hydrogen-bond acceptors (Lipinski definition) is 4. The number of aromatic nitrogens is 1. The molecule has 106 valence electrons. The minimum absolute atomic E-state index is 0.114. The zero-order valence-corrected chi connectivity index (χ0v) is 11.0. The van der Waals surface area contributed by atoms with Gasteiger partial charge in [-0.2, -0.15) is 0 Å². The van der Waals surface area contributed by atoms with E-state index in [0.717, 1.165) is 6.42 Å². The first kappa shape index (κ1) is 14.2. The van der Waals surface area contributed by atoms with Gasteiger partial charge < -0.3 is 11.1 Å². The smallest absolute Gasteiger partial charge is 0.253 e. The van der Waals surface area contributed by atoms with Crippen LogP contribution in [0, 0.1) is 5.92 Å². The van der Waals surface area contributed by atoms with Crippen molar-refractivity contribution < 1.29 is 14.4 Å². The van der Waals surface area contributed by atoms with Gasteiger partial charge in [0.05, 0.1) is 5.56 Å². The van der Waals surface area contributed by atoms with Crippen LogP contribution in [0.15, 0.2) is 24.5 Å². The van der Waals surface area contributed by atoms with Crippen LogP contribution < -0.4 is 11.1 Å². The monoisotopic (exact) mass is 275 g/mol. The van der Waals surface area contributed by atoms with Crippen LogP contribution in [0.2, 0.25) is 0 Å². The van der Waals surface area contributed by atoms with Crippen molar-refractivity contribution in [2.75, 3.05) is 0 Å². The highest BCUT2D eigenvalue weighted by molar-refractivity contribution is 5.97. The number of nitrogens with two attached hydrogens (primary N) is 1. The lowest BCUT2D eigenvalue weighted by molar-refractivity contribution is -0.124. The SMILES string of the molecule is NC(=O)[C@H](NC(=O)c1cccnc1)[C@H]1CCCC(=O)C1. The molecule has 1 aromatic heterocycles. The Hall–Kier alpha value is -2.24. The standard InChI is InChI=1S/C14H17N3O3/c15-13(19)12(9-3-1-5-11(18)7-9)17-14(20)10-4-2-6-16-8-10/h2,4,6,8-9,12H,1,3,5,7H2,(H2,15,19)(H,17,20)/t9-,12+/m0/s1. The fourth-order valence-corrected chi connectivity index (χ4v) is 2.49. The van der Waals surface area contributed by atoms with E-state index in [4.69, 9.17) is 5.73 Å². The summed E-state index contributed by atoms with van der Waals surface area (Å²) in [7, 11) is 0.